The van der Waals surface area contributed by atoms with Crippen molar-refractivity contribution in [2.45, 2.75) is 39.2 Å². The lowest BCUT2D eigenvalue weighted by Gasteiger charge is -2.21. The van der Waals surface area contributed by atoms with E-state index in [1.807, 2.05) is 6.07 Å². The van der Waals surface area contributed by atoms with E-state index in [1.165, 1.54) is 0 Å². The van der Waals surface area contributed by atoms with Crippen LogP contribution < -0.4 is 11.1 Å². The van der Waals surface area contributed by atoms with Gasteiger partial charge < -0.3 is 16.0 Å². The van der Waals surface area contributed by atoms with Crippen LogP contribution >= 0.6 is 0 Å². The van der Waals surface area contributed by atoms with Crippen LogP contribution in [0.3, 0.4) is 0 Å². The van der Waals surface area contributed by atoms with Crippen molar-refractivity contribution in [3.05, 3.63) is 29.8 Å². The second kappa shape index (κ2) is 7.59. The Bertz CT molecular complexity index is 567. The highest BCUT2D eigenvalue weighted by Crippen LogP contribution is 2.30. The molecule has 3 N–H and O–H groups in total. The van der Waals surface area contributed by atoms with Crippen LogP contribution in [0.15, 0.2) is 24.3 Å². The summed E-state index contributed by atoms with van der Waals surface area (Å²) in [6, 6.07) is 7.21. The number of carbonyl (C=O) groups is 2. The Morgan fingerprint density at radius 2 is 2.04 bits per heavy atom. The summed E-state index contributed by atoms with van der Waals surface area (Å²) in [5.74, 6) is 0.545. The van der Waals surface area contributed by atoms with Gasteiger partial charge in [-0.1, -0.05) is 19.9 Å². The van der Waals surface area contributed by atoms with Gasteiger partial charge in [0.1, 0.15) is 0 Å². The van der Waals surface area contributed by atoms with Crippen LogP contribution in [-0.2, 0) is 4.79 Å². The van der Waals surface area contributed by atoms with Gasteiger partial charge in [0.25, 0.3) is 5.91 Å². The molecule has 1 fully saturated rings. The average Bonchev–Trinajstić information content (AvgIpc) is 3.36. The summed E-state index contributed by atoms with van der Waals surface area (Å²) in [5.41, 5.74) is 7.29. The molecule has 126 valence electrons. The Hall–Kier alpha value is -1.88. The minimum Gasteiger partial charge on any atom is -0.342 e. The molecule has 1 aliphatic rings. The Morgan fingerprint density at radius 3 is 2.65 bits per heavy atom. The molecule has 1 saturated carbocycles. The summed E-state index contributed by atoms with van der Waals surface area (Å²) >= 11 is 0. The molecule has 0 heterocycles. The van der Waals surface area contributed by atoms with Crippen LogP contribution in [0.2, 0.25) is 0 Å². The maximum absolute atomic E-state index is 12.5. The standard InChI is InChI=1S/C18H27N3O2/c1-12(2)16(19)9-10-21(3)18(23)14-5-4-6-15(11-14)20-17(22)13-7-8-13/h4-6,11-13,16H,7-10,19H2,1-3H3,(H,20,22). The van der Waals surface area contributed by atoms with Gasteiger partial charge in [0.05, 0.1) is 0 Å². The Balaban J connectivity index is 1.94. The summed E-state index contributed by atoms with van der Waals surface area (Å²) in [5, 5.41) is 2.87. The molecule has 23 heavy (non-hydrogen) atoms. The van der Waals surface area contributed by atoms with Crippen molar-refractivity contribution in [1.29, 1.82) is 0 Å². The Morgan fingerprint density at radius 1 is 1.35 bits per heavy atom. The molecule has 5 nitrogen and oxygen atoms in total. The lowest BCUT2D eigenvalue weighted by atomic mass is 10.0. The van der Waals surface area contributed by atoms with Gasteiger partial charge in [0.15, 0.2) is 0 Å². The first-order valence-corrected chi connectivity index (χ1v) is 8.30. The number of amides is 2. The fourth-order valence-corrected chi connectivity index (χ4v) is 2.32. The molecule has 1 aliphatic carbocycles. The Labute approximate surface area is 138 Å². The zero-order valence-corrected chi connectivity index (χ0v) is 14.2. The SMILES string of the molecule is CC(C)C(N)CCN(C)C(=O)c1cccc(NC(=O)C2CC2)c1. The minimum atomic E-state index is -0.0523. The van der Waals surface area contributed by atoms with Crippen molar-refractivity contribution < 1.29 is 9.59 Å². The van der Waals surface area contributed by atoms with Gasteiger partial charge in [-0.3, -0.25) is 9.59 Å². The lowest BCUT2D eigenvalue weighted by Crippen LogP contribution is -2.34. The second-order valence-corrected chi connectivity index (χ2v) is 6.77. The molecular formula is C18H27N3O2. The predicted molar refractivity (Wildman–Crippen MR) is 92.2 cm³/mol. The first-order chi connectivity index (χ1) is 10.9. The summed E-state index contributed by atoms with van der Waals surface area (Å²) in [7, 11) is 1.78. The molecular weight excluding hydrogens is 290 g/mol. The highest BCUT2D eigenvalue weighted by Gasteiger charge is 2.29. The molecule has 0 saturated heterocycles. The summed E-state index contributed by atoms with van der Waals surface area (Å²) in [6.07, 6.45) is 2.70. The number of anilines is 1. The van der Waals surface area contributed by atoms with Gasteiger partial charge in [-0.2, -0.15) is 0 Å². The number of hydrogen-bond donors (Lipinski definition) is 2. The van der Waals surface area contributed by atoms with Gasteiger partial charge in [0, 0.05) is 36.8 Å². The Kier molecular flexibility index (Phi) is 5.77. The van der Waals surface area contributed by atoms with Crippen molar-refractivity contribution in [2.24, 2.45) is 17.6 Å². The van der Waals surface area contributed by atoms with Crippen molar-refractivity contribution in [3.8, 4) is 0 Å². The lowest BCUT2D eigenvalue weighted by molar-refractivity contribution is -0.117. The van der Waals surface area contributed by atoms with Crippen molar-refractivity contribution >= 4 is 17.5 Å². The first kappa shape index (κ1) is 17.5. The van der Waals surface area contributed by atoms with Gasteiger partial charge in [-0.05, 0) is 43.4 Å². The number of nitrogens with two attached hydrogens (primary N) is 1. The largest absolute Gasteiger partial charge is 0.342 e. The first-order valence-electron chi connectivity index (χ1n) is 8.30. The van der Waals surface area contributed by atoms with Crippen LogP contribution in [0.25, 0.3) is 0 Å². The minimum absolute atomic E-state index is 0.0471. The molecule has 0 spiro atoms. The highest BCUT2D eigenvalue weighted by molar-refractivity contribution is 5.98. The third-order valence-electron chi connectivity index (χ3n) is 4.33. The molecule has 1 aromatic rings. The van der Waals surface area contributed by atoms with Crippen LogP contribution in [0.1, 0.15) is 43.5 Å². The molecule has 0 aliphatic heterocycles. The monoisotopic (exact) mass is 317 g/mol. The second-order valence-electron chi connectivity index (χ2n) is 6.77. The van der Waals surface area contributed by atoms with E-state index in [1.54, 1.807) is 30.1 Å². The van der Waals surface area contributed by atoms with Crippen molar-refractivity contribution in [1.82, 2.24) is 4.90 Å². The quantitative estimate of drug-likeness (QED) is 0.811. The topological polar surface area (TPSA) is 75.4 Å². The van der Waals surface area contributed by atoms with Crippen LogP contribution in [0.5, 0.6) is 0 Å². The zero-order chi connectivity index (χ0) is 17.0. The van der Waals surface area contributed by atoms with Crippen LogP contribution in [-0.4, -0.2) is 36.3 Å². The molecule has 2 rings (SSSR count). The summed E-state index contributed by atoms with van der Waals surface area (Å²) in [6.45, 7) is 4.79. The normalized spacial score (nSPS) is 15.3. The third kappa shape index (κ3) is 5.06. The molecule has 0 aromatic heterocycles. The van der Waals surface area contributed by atoms with Crippen molar-refractivity contribution in [3.63, 3.8) is 0 Å². The molecule has 0 radical (unpaired) electrons. The van der Waals surface area contributed by atoms with Crippen LogP contribution in [0.4, 0.5) is 5.69 Å². The van der Waals surface area contributed by atoms with E-state index in [2.05, 4.69) is 19.2 Å². The zero-order valence-electron chi connectivity index (χ0n) is 14.2. The maximum Gasteiger partial charge on any atom is 0.253 e. The fourth-order valence-electron chi connectivity index (χ4n) is 2.32. The van der Waals surface area contributed by atoms with Crippen molar-refractivity contribution in [2.75, 3.05) is 18.9 Å². The summed E-state index contributed by atoms with van der Waals surface area (Å²) in [4.78, 5) is 26.0. The van der Waals surface area contributed by atoms with E-state index in [-0.39, 0.29) is 23.8 Å². The summed E-state index contributed by atoms with van der Waals surface area (Å²) < 4.78 is 0. The highest BCUT2D eigenvalue weighted by atomic mass is 16.2. The molecule has 1 unspecified atom stereocenters. The molecule has 1 aromatic carbocycles. The number of rotatable bonds is 7. The van der Waals surface area contributed by atoms with Gasteiger partial charge in [-0.15, -0.1) is 0 Å². The van der Waals surface area contributed by atoms with E-state index >= 15 is 0 Å². The number of benzene rings is 1. The van der Waals surface area contributed by atoms with Gasteiger partial charge in [0.2, 0.25) is 5.91 Å². The smallest absolute Gasteiger partial charge is 0.253 e. The molecule has 0 bridgehead atoms. The predicted octanol–water partition coefficient (Wildman–Crippen LogP) is 2.48. The third-order valence-corrected chi connectivity index (χ3v) is 4.33. The molecule has 1 atom stereocenters. The molecule has 5 heteroatoms. The fraction of sp³-hybridized carbons (Fsp3) is 0.556. The van der Waals surface area contributed by atoms with E-state index < -0.39 is 0 Å². The molecule has 2 amide bonds. The van der Waals surface area contributed by atoms with E-state index in [0.717, 1.165) is 19.3 Å². The van der Waals surface area contributed by atoms with E-state index in [9.17, 15) is 9.59 Å². The average molecular weight is 317 g/mol. The van der Waals surface area contributed by atoms with Gasteiger partial charge >= 0.3 is 0 Å². The number of carbonyl (C=O) groups excluding carboxylic acids is 2. The maximum atomic E-state index is 12.5. The van der Waals surface area contributed by atoms with Gasteiger partial charge in [-0.25, -0.2) is 0 Å². The number of hydrogen-bond acceptors (Lipinski definition) is 3. The van der Waals surface area contributed by atoms with E-state index in [4.69, 9.17) is 5.73 Å². The van der Waals surface area contributed by atoms with Crippen LogP contribution in [0, 0.1) is 11.8 Å². The number of nitrogens with one attached hydrogen (secondary N) is 1. The van der Waals surface area contributed by atoms with E-state index in [0.29, 0.717) is 23.7 Å². The number of nitrogens with zero attached hydrogens (tertiary/aromatic N) is 1.